The number of rotatable bonds is 13. The zero-order valence-corrected chi connectivity index (χ0v) is 36.9. The summed E-state index contributed by atoms with van der Waals surface area (Å²) >= 11 is 0. The lowest BCUT2D eigenvalue weighted by Crippen LogP contribution is -2.66. The van der Waals surface area contributed by atoms with Gasteiger partial charge in [0.25, 0.3) is 0 Å². The number of nitrogens with zero attached hydrogens (tertiary/aromatic N) is 2. The molecule has 9 atom stereocenters. The summed E-state index contributed by atoms with van der Waals surface area (Å²) in [5.41, 5.74) is 0.393. The van der Waals surface area contributed by atoms with Gasteiger partial charge in [0.05, 0.1) is 17.9 Å². The second-order valence-corrected chi connectivity index (χ2v) is 22.1. The maximum absolute atomic E-state index is 14.3. The lowest BCUT2D eigenvalue weighted by atomic mass is 9.33. The van der Waals surface area contributed by atoms with Crippen LogP contribution in [0.4, 0.5) is 0 Å². The van der Waals surface area contributed by atoms with Crippen LogP contribution in [0.15, 0.2) is 11.1 Å². The van der Waals surface area contributed by atoms with Crippen LogP contribution in [-0.4, -0.2) is 89.1 Å². The molecule has 316 valence electrons. The molecule has 6 aliphatic rings. The highest BCUT2D eigenvalue weighted by molar-refractivity contribution is 6.00. The van der Waals surface area contributed by atoms with Gasteiger partial charge in [-0.1, -0.05) is 60.5 Å². The SMILES string of the molecule is CC(=O)N(C)CCN(CC1CCC1)C[C@H](O)[C@@]12CC[C@]3(C)[C@H](CC[C@@H]4[C@@]5(C)CC[C@H](OC(=O)CC(C)(C)C(=O)O)C(C)(C)[C@@H]5CC[C@]43C)C1=C(C(C)C)C(=O)C2. The first-order chi connectivity index (χ1) is 25.9. The van der Waals surface area contributed by atoms with E-state index in [4.69, 9.17) is 4.74 Å². The fourth-order valence-electron chi connectivity index (χ4n) is 14.1. The summed E-state index contributed by atoms with van der Waals surface area (Å²) in [4.78, 5) is 55.5. The van der Waals surface area contributed by atoms with Crippen molar-refractivity contribution in [2.45, 2.75) is 165 Å². The van der Waals surface area contributed by atoms with E-state index in [2.05, 4.69) is 53.4 Å². The standard InChI is InChI=1S/C47H76N2O7/c1-29(2)39-33(51)25-47(36(52)28-49(27-31-13-12-14-31)24-23-48(11)30(3)50)22-21-45(9)32(40(39)47)15-16-35-44(8)19-18-37(56-38(53)26-42(4,5)41(54)55)43(6,7)34(44)17-20-46(35,45)10/h29,31-32,34-37,52H,12-28H2,1-11H3,(H,54,55)/t32-,34+,35-,36+,37+,44+,45-,46-,47+/m1/s1. The predicted molar refractivity (Wildman–Crippen MR) is 218 cm³/mol. The van der Waals surface area contributed by atoms with E-state index in [1.807, 2.05) is 7.05 Å². The second-order valence-electron chi connectivity index (χ2n) is 22.1. The molecule has 0 spiro atoms. The number of carbonyl (C=O) groups is 4. The van der Waals surface area contributed by atoms with Crippen molar-refractivity contribution in [1.82, 2.24) is 9.80 Å². The highest BCUT2D eigenvalue weighted by Gasteiger charge is 2.71. The van der Waals surface area contributed by atoms with E-state index in [1.54, 1.807) is 25.7 Å². The van der Waals surface area contributed by atoms with Crippen molar-refractivity contribution < 1.29 is 34.1 Å². The first-order valence-electron chi connectivity index (χ1n) is 22.3. The average Bonchev–Trinajstić information content (AvgIpc) is 3.39. The van der Waals surface area contributed by atoms with Crippen LogP contribution < -0.4 is 0 Å². The molecule has 2 N–H and O–H groups in total. The number of aliphatic hydroxyl groups excluding tert-OH is 1. The number of ether oxygens (including phenoxy) is 1. The molecule has 0 heterocycles. The Hall–Kier alpha value is -2.26. The van der Waals surface area contributed by atoms with E-state index in [-0.39, 0.29) is 57.7 Å². The van der Waals surface area contributed by atoms with Gasteiger partial charge in [0.1, 0.15) is 6.10 Å². The molecule has 0 bridgehead atoms. The number of fused-ring (bicyclic) bond motifs is 7. The molecule has 0 aromatic carbocycles. The third-order valence-corrected chi connectivity index (χ3v) is 18.0. The van der Waals surface area contributed by atoms with Crippen molar-refractivity contribution in [1.29, 1.82) is 0 Å². The summed E-state index contributed by atoms with van der Waals surface area (Å²) < 4.78 is 6.19. The Balaban J connectivity index is 1.27. The van der Waals surface area contributed by atoms with Crippen LogP contribution in [0.1, 0.15) is 153 Å². The number of likely N-dealkylation sites (N-methyl/N-ethyl adjacent to an activating group) is 1. The molecule has 9 nitrogen and oxygen atoms in total. The van der Waals surface area contributed by atoms with E-state index >= 15 is 0 Å². The van der Waals surface area contributed by atoms with Gasteiger partial charge < -0.3 is 19.8 Å². The quantitative estimate of drug-likeness (QED) is 0.179. The zero-order valence-electron chi connectivity index (χ0n) is 36.9. The fraction of sp³-hybridized carbons (Fsp3) is 0.872. The molecule has 0 saturated heterocycles. The van der Waals surface area contributed by atoms with Gasteiger partial charge in [0.2, 0.25) is 5.91 Å². The highest BCUT2D eigenvalue weighted by Crippen LogP contribution is 2.77. The number of esters is 1. The van der Waals surface area contributed by atoms with Crippen LogP contribution in [0.3, 0.4) is 0 Å². The number of carboxylic acids is 1. The van der Waals surface area contributed by atoms with Gasteiger partial charge in [-0.15, -0.1) is 0 Å². The van der Waals surface area contributed by atoms with Crippen molar-refractivity contribution in [3.8, 4) is 0 Å². The van der Waals surface area contributed by atoms with Crippen LogP contribution in [0.25, 0.3) is 0 Å². The Morgan fingerprint density at radius 3 is 2.16 bits per heavy atom. The van der Waals surface area contributed by atoms with Gasteiger partial charge in [-0.2, -0.15) is 0 Å². The van der Waals surface area contributed by atoms with Gasteiger partial charge in [0.15, 0.2) is 5.78 Å². The fourth-order valence-corrected chi connectivity index (χ4v) is 14.1. The number of aliphatic carboxylic acids is 1. The van der Waals surface area contributed by atoms with Crippen molar-refractivity contribution in [3.05, 3.63) is 11.1 Å². The lowest BCUT2D eigenvalue weighted by Gasteiger charge is -2.72. The zero-order chi connectivity index (χ0) is 41.4. The minimum atomic E-state index is -1.17. The number of carbonyl (C=O) groups excluding carboxylic acids is 3. The number of ketones is 1. The minimum Gasteiger partial charge on any atom is -0.481 e. The number of allylic oxidation sites excluding steroid dienone is 1. The smallest absolute Gasteiger partial charge is 0.309 e. The molecule has 5 saturated carbocycles. The number of amides is 1. The largest absolute Gasteiger partial charge is 0.481 e. The number of Topliss-reactive ketones (excluding diaryl/α,β-unsaturated/α-hetero) is 1. The molecule has 5 fully saturated rings. The van der Waals surface area contributed by atoms with Crippen molar-refractivity contribution >= 4 is 23.6 Å². The molecule has 56 heavy (non-hydrogen) atoms. The van der Waals surface area contributed by atoms with Gasteiger partial charge in [-0.3, -0.25) is 24.1 Å². The molecule has 1 amide bonds. The first-order valence-corrected chi connectivity index (χ1v) is 22.3. The van der Waals surface area contributed by atoms with Gasteiger partial charge >= 0.3 is 11.9 Å². The molecule has 6 rings (SSSR count). The van der Waals surface area contributed by atoms with E-state index in [1.165, 1.54) is 24.8 Å². The summed E-state index contributed by atoms with van der Waals surface area (Å²) in [7, 11) is 1.85. The Kier molecular flexibility index (Phi) is 11.7. The Morgan fingerprint density at radius 1 is 0.893 bits per heavy atom. The molecule has 0 radical (unpaired) electrons. The number of hydrogen-bond acceptors (Lipinski definition) is 7. The summed E-state index contributed by atoms with van der Waals surface area (Å²) in [5, 5.41) is 22.3. The normalized spacial score (nSPS) is 37.3. The molecule has 0 aromatic rings. The Bertz CT molecular complexity index is 1600. The number of aliphatic hydroxyl groups is 1. The van der Waals surface area contributed by atoms with Crippen molar-refractivity contribution in [3.63, 3.8) is 0 Å². The van der Waals surface area contributed by atoms with Crippen LogP contribution in [-0.2, 0) is 23.9 Å². The van der Waals surface area contributed by atoms with Crippen molar-refractivity contribution in [2.75, 3.05) is 33.2 Å². The molecular weight excluding hydrogens is 705 g/mol. The molecule has 0 aromatic heterocycles. The minimum absolute atomic E-state index is 0.0289. The van der Waals surface area contributed by atoms with E-state index in [0.29, 0.717) is 37.3 Å². The summed E-state index contributed by atoms with van der Waals surface area (Å²) in [6.07, 6.45) is 10.8. The Morgan fingerprint density at radius 2 is 1.57 bits per heavy atom. The molecule has 9 heteroatoms. The van der Waals surface area contributed by atoms with Crippen LogP contribution in [0, 0.1) is 62.1 Å². The molecule has 0 aliphatic heterocycles. The first kappa shape index (κ1) is 43.3. The van der Waals surface area contributed by atoms with Gasteiger partial charge in [-0.05, 0) is 129 Å². The summed E-state index contributed by atoms with van der Waals surface area (Å²) in [6, 6.07) is 0. The second kappa shape index (κ2) is 15.1. The molecule has 6 aliphatic carbocycles. The third kappa shape index (κ3) is 7.02. The maximum Gasteiger partial charge on any atom is 0.309 e. The summed E-state index contributed by atoms with van der Waals surface area (Å²) in [5.74, 6) is 0.687. The predicted octanol–water partition coefficient (Wildman–Crippen LogP) is 8.32. The number of hydrogen-bond donors (Lipinski definition) is 2. The molecule has 0 unspecified atom stereocenters. The summed E-state index contributed by atoms with van der Waals surface area (Å²) in [6.45, 7) is 24.1. The van der Waals surface area contributed by atoms with Gasteiger partial charge in [0, 0.05) is 57.4 Å². The highest BCUT2D eigenvalue weighted by atomic mass is 16.5. The van der Waals surface area contributed by atoms with E-state index in [0.717, 1.165) is 70.0 Å². The lowest BCUT2D eigenvalue weighted by molar-refractivity contribution is -0.235. The average molecular weight is 781 g/mol. The third-order valence-electron chi connectivity index (χ3n) is 18.0. The van der Waals surface area contributed by atoms with E-state index in [9.17, 15) is 29.4 Å². The van der Waals surface area contributed by atoms with Crippen molar-refractivity contribution in [2.24, 2.45) is 62.1 Å². The van der Waals surface area contributed by atoms with Crippen LogP contribution in [0.2, 0.25) is 0 Å². The maximum atomic E-state index is 14.3. The topological polar surface area (TPSA) is 124 Å². The monoisotopic (exact) mass is 781 g/mol. The Labute approximate surface area is 338 Å². The van der Waals surface area contributed by atoms with Crippen LogP contribution in [0.5, 0.6) is 0 Å². The van der Waals surface area contributed by atoms with Crippen LogP contribution >= 0.6 is 0 Å². The van der Waals surface area contributed by atoms with Gasteiger partial charge in [-0.25, -0.2) is 0 Å². The van der Waals surface area contributed by atoms with E-state index < -0.39 is 28.9 Å². The number of carboxylic acid groups (broad SMARTS) is 1. The molecular formula is C47H76N2O7.